The first kappa shape index (κ1) is 16.1. The summed E-state index contributed by atoms with van der Waals surface area (Å²) in [5, 5.41) is 0. The van der Waals surface area contributed by atoms with E-state index in [4.69, 9.17) is 12.6 Å². The van der Waals surface area contributed by atoms with Gasteiger partial charge in [-0.15, -0.1) is 35.7 Å². The summed E-state index contributed by atoms with van der Waals surface area (Å²) >= 11 is 3.42. The second-order valence-electron chi connectivity index (χ2n) is 2.28. The Balaban J connectivity index is 0.000000397. The molecule has 16 heavy (non-hydrogen) atoms. The molecule has 1 aromatic carbocycles. The van der Waals surface area contributed by atoms with Gasteiger partial charge in [0.15, 0.2) is 0 Å². The first-order chi connectivity index (χ1) is 7.13. The first-order valence-electron chi connectivity index (χ1n) is 3.71. The minimum absolute atomic E-state index is 0. The van der Waals surface area contributed by atoms with E-state index in [2.05, 4.69) is 11.1 Å². The summed E-state index contributed by atoms with van der Waals surface area (Å²) in [6.45, 7) is 0. The molecule has 0 unspecified atom stereocenters. The van der Waals surface area contributed by atoms with Gasteiger partial charge in [-0.05, 0) is 11.8 Å². The maximum absolute atomic E-state index is 8.44. The fourth-order valence-corrected chi connectivity index (χ4v) is 2.35. The van der Waals surface area contributed by atoms with Crippen molar-refractivity contribution in [2.45, 2.75) is 4.34 Å². The fourth-order valence-electron chi connectivity index (χ4n) is 0.884. The van der Waals surface area contributed by atoms with Gasteiger partial charge in [-0.1, -0.05) is 4.70 Å². The third-order valence-electron chi connectivity index (χ3n) is 1.39. The van der Waals surface area contributed by atoms with Crippen LogP contribution >= 0.6 is 23.1 Å². The zero-order chi connectivity index (χ0) is 11.3. The van der Waals surface area contributed by atoms with Gasteiger partial charge in [-0.2, -0.15) is 24.3 Å². The van der Waals surface area contributed by atoms with Crippen LogP contribution in [0.1, 0.15) is 0 Å². The van der Waals surface area contributed by atoms with Gasteiger partial charge in [0, 0.05) is 0 Å². The predicted octanol–water partition coefficient (Wildman–Crippen LogP) is -1.18. The molecule has 0 aliphatic rings. The molecule has 0 radical (unpaired) electrons. The number of benzene rings is 1. The average molecular weight is 283 g/mol. The molecule has 0 fully saturated rings. The number of rotatable bonds is 1. The zero-order valence-electron chi connectivity index (χ0n) is 8.63. The van der Waals surface area contributed by atoms with Crippen molar-refractivity contribution < 1.29 is 42.2 Å². The van der Waals surface area contributed by atoms with Crippen LogP contribution in [-0.2, 0) is 10.6 Å². The van der Waals surface area contributed by atoms with Gasteiger partial charge in [0.1, 0.15) is 4.34 Å². The number of hydrogen-bond acceptors (Lipinski definition) is 6. The van der Waals surface area contributed by atoms with E-state index in [9.17, 15) is 0 Å². The zero-order valence-corrected chi connectivity index (χ0v) is 13.1. The molecule has 0 bridgehead atoms. The number of thiazole rings is 1. The Morgan fingerprint density at radius 3 is 2.56 bits per heavy atom. The van der Waals surface area contributed by atoms with E-state index in [1.807, 2.05) is 24.5 Å². The third-order valence-corrected chi connectivity index (χ3v) is 3.41. The Kier molecular flexibility index (Phi) is 8.25. The molecular weight excluding hydrogens is 277 g/mol. The SMILES string of the molecule is CSc1nc2c[c-]ccc2s1.O=S(=O)=O.[Na+]. The van der Waals surface area contributed by atoms with E-state index in [-0.39, 0.29) is 29.6 Å². The van der Waals surface area contributed by atoms with Crippen molar-refractivity contribution in [3.63, 3.8) is 0 Å². The molecule has 80 valence electrons. The van der Waals surface area contributed by atoms with Crippen LogP contribution in [0.4, 0.5) is 0 Å². The smallest absolute Gasteiger partial charge is 0.297 e. The molecule has 8 heteroatoms. The normalized spacial score (nSPS) is 8.81. The summed E-state index contributed by atoms with van der Waals surface area (Å²) in [5.74, 6) is 0. The molecule has 0 atom stereocenters. The van der Waals surface area contributed by atoms with Crippen molar-refractivity contribution in [3.05, 3.63) is 24.3 Å². The molecule has 2 aromatic rings. The molecule has 4 nitrogen and oxygen atoms in total. The summed E-state index contributed by atoms with van der Waals surface area (Å²) in [4.78, 5) is 4.38. The number of fused-ring (bicyclic) bond motifs is 1. The van der Waals surface area contributed by atoms with E-state index in [1.54, 1.807) is 23.1 Å². The molecule has 0 aliphatic carbocycles. The fraction of sp³-hybridized carbons (Fsp3) is 0.125. The van der Waals surface area contributed by atoms with Crippen LogP contribution in [0.3, 0.4) is 0 Å². The largest absolute Gasteiger partial charge is 1.00 e. The van der Waals surface area contributed by atoms with Crippen LogP contribution in [0.5, 0.6) is 0 Å². The van der Waals surface area contributed by atoms with Crippen molar-refractivity contribution in [2.24, 2.45) is 0 Å². The van der Waals surface area contributed by atoms with Gasteiger partial charge in [-0.25, -0.2) is 0 Å². The molecule has 0 amide bonds. The minimum Gasteiger partial charge on any atom is -0.297 e. The summed E-state index contributed by atoms with van der Waals surface area (Å²) in [6, 6.07) is 8.90. The Morgan fingerprint density at radius 2 is 2.06 bits per heavy atom. The predicted molar refractivity (Wildman–Crippen MR) is 59.9 cm³/mol. The molecular formula is C8H6NNaO3S3. The van der Waals surface area contributed by atoms with Crippen LogP contribution in [-0.4, -0.2) is 23.9 Å². The quantitative estimate of drug-likeness (QED) is 0.374. The van der Waals surface area contributed by atoms with E-state index in [1.165, 1.54) is 4.70 Å². The molecule has 0 spiro atoms. The molecule has 0 saturated carbocycles. The van der Waals surface area contributed by atoms with Crippen molar-refractivity contribution in [1.29, 1.82) is 0 Å². The van der Waals surface area contributed by atoms with E-state index in [0.717, 1.165) is 9.86 Å². The van der Waals surface area contributed by atoms with Crippen LogP contribution in [0.15, 0.2) is 22.5 Å². The number of thioether (sulfide) groups is 1. The summed E-state index contributed by atoms with van der Waals surface area (Å²) in [5.41, 5.74) is 1.06. The summed E-state index contributed by atoms with van der Waals surface area (Å²) < 4.78 is 27.7. The van der Waals surface area contributed by atoms with Crippen LogP contribution in [0.25, 0.3) is 10.2 Å². The van der Waals surface area contributed by atoms with Crippen molar-refractivity contribution in [1.82, 2.24) is 4.98 Å². The number of nitrogens with zero attached hydrogens (tertiary/aromatic N) is 1. The van der Waals surface area contributed by atoms with Gasteiger partial charge >= 0.3 is 40.2 Å². The van der Waals surface area contributed by atoms with Gasteiger partial charge in [0.25, 0.3) is 0 Å². The molecule has 1 aromatic heterocycles. The van der Waals surface area contributed by atoms with Gasteiger partial charge in [0.05, 0.1) is 0 Å². The Labute approximate surface area is 125 Å². The summed E-state index contributed by atoms with van der Waals surface area (Å²) in [6.07, 6.45) is 2.04. The second kappa shape index (κ2) is 8.21. The summed E-state index contributed by atoms with van der Waals surface area (Å²) in [7, 11) is -3.11. The maximum Gasteiger partial charge on any atom is 1.00 e. The molecule has 0 N–H and O–H groups in total. The van der Waals surface area contributed by atoms with Crippen molar-refractivity contribution >= 4 is 43.9 Å². The molecule has 0 saturated heterocycles. The molecule has 1 heterocycles. The number of hydrogen-bond donors (Lipinski definition) is 0. The van der Waals surface area contributed by atoms with E-state index in [0.29, 0.717) is 0 Å². The second-order valence-corrected chi connectivity index (χ2v) is 4.77. The van der Waals surface area contributed by atoms with Crippen LogP contribution in [0, 0.1) is 6.07 Å². The van der Waals surface area contributed by atoms with Gasteiger partial charge in [-0.3, -0.25) is 4.98 Å². The average Bonchev–Trinajstić information content (AvgIpc) is 2.59. The molecule has 0 aliphatic heterocycles. The van der Waals surface area contributed by atoms with Crippen molar-refractivity contribution in [2.75, 3.05) is 6.26 Å². The minimum atomic E-state index is -3.11. The van der Waals surface area contributed by atoms with Crippen LogP contribution in [0.2, 0.25) is 0 Å². The third kappa shape index (κ3) is 5.42. The Hall–Kier alpha value is 0.0800. The molecule has 2 rings (SSSR count). The standard InChI is InChI=1S/C8H6NS2.Na.O3S/c1-10-8-9-6-4-2-3-5-7(6)11-8;;1-4(2)3/h3-5H,1H3;;/q-1;+1;. The van der Waals surface area contributed by atoms with Crippen molar-refractivity contribution in [3.8, 4) is 0 Å². The first-order valence-corrected chi connectivity index (χ1v) is 6.75. The van der Waals surface area contributed by atoms with E-state index >= 15 is 0 Å². The number of aromatic nitrogens is 1. The topological polar surface area (TPSA) is 64.1 Å². The van der Waals surface area contributed by atoms with E-state index < -0.39 is 10.6 Å². The Morgan fingerprint density at radius 1 is 1.44 bits per heavy atom. The van der Waals surface area contributed by atoms with Gasteiger partial charge in [0.2, 0.25) is 0 Å². The maximum atomic E-state index is 8.44. The van der Waals surface area contributed by atoms with Crippen LogP contribution < -0.4 is 29.6 Å². The van der Waals surface area contributed by atoms with Gasteiger partial charge < -0.3 is 0 Å². The monoisotopic (exact) mass is 283 g/mol. The Bertz CT molecular complexity index is 512.